The van der Waals surface area contributed by atoms with E-state index >= 15 is 0 Å². The van der Waals surface area contributed by atoms with Crippen molar-refractivity contribution in [2.75, 3.05) is 34.4 Å². The molecule has 0 bridgehead atoms. The molecule has 1 heterocycles. The highest BCUT2D eigenvalue weighted by molar-refractivity contribution is 5.70. The van der Waals surface area contributed by atoms with Crippen LogP contribution >= 0.6 is 0 Å². The van der Waals surface area contributed by atoms with Gasteiger partial charge in [-0.05, 0) is 50.6 Å². The zero-order valence-electron chi connectivity index (χ0n) is 15.9. The van der Waals surface area contributed by atoms with Gasteiger partial charge < -0.3 is 19.9 Å². The number of carbonyl (C=O) groups excluding carboxylic acids is 1. The second-order valence-electron chi connectivity index (χ2n) is 6.56. The van der Waals surface area contributed by atoms with E-state index in [9.17, 15) is 4.79 Å². The van der Waals surface area contributed by atoms with Gasteiger partial charge in [0.2, 0.25) is 0 Å². The molecule has 0 spiro atoms. The van der Waals surface area contributed by atoms with Crippen LogP contribution in [0.4, 0.5) is 0 Å². The van der Waals surface area contributed by atoms with Gasteiger partial charge in [-0.25, -0.2) is 0 Å². The number of likely N-dealkylation sites (N-methyl/N-ethyl adjacent to an activating group) is 1. The third-order valence-electron chi connectivity index (χ3n) is 4.85. The lowest BCUT2D eigenvalue weighted by Gasteiger charge is -2.27. The minimum absolute atomic E-state index is 0.201. The highest BCUT2D eigenvalue weighted by Crippen LogP contribution is 2.34. The summed E-state index contributed by atoms with van der Waals surface area (Å²) in [4.78, 5) is 13.7. The molecular weight excluding hydrogens is 332 g/mol. The maximum absolute atomic E-state index is 11.3. The third-order valence-corrected chi connectivity index (χ3v) is 4.85. The fourth-order valence-electron chi connectivity index (χ4n) is 3.42. The van der Waals surface area contributed by atoms with Gasteiger partial charge in [0.05, 0.1) is 20.6 Å². The molecule has 2 aliphatic rings. The van der Waals surface area contributed by atoms with Crippen molar-refractivity contribution in [3.63, 3.8) is 0 Å². The molecule has 6 heteroatoms. The number of ether oxygens (including phenoxy) is 3. The van der Waals surface area contributed by atoms with E-state index in [1.54, 1.807) is 14.2 Å². The predicted molar refractivity (Wildman–Crippen MR) is 101 cm³/mol. The number of carbonyl (C=O) groups is 1. The molecule has 144 valence electrons. The lowest BCUT2D eigenvalue weighted by molar-refractivity contribution is -0.139. The van der Waals surface area contributed by atoms with Gasteiger partial charge >= 0.3 is 5.97 Å². The molecular formula is C20H30N2O4. The maximum atomic E-state index is 11.3. The van der Waals surface area contributed by atoms with Crippen LogP contribution in [0.25, 0.3) is 0 Å². The van der Waals surface area contributed by atoms with Gasteiger partial charge in [-0.15, -0.1) is 0 Å². The van der Waals surface area contributed by atoms with Crippen LogP contribution in [0.2, 0.25) is 0 Å². The summed E-state index contributed by atoms with van der Waals surface area (Å²) in [5.74, 6) is 2.93. The smallest absolute Gasteiger partial charge is 0.312 e. The Bertz CT molecular complexity index is 595. The van der Waals surface area contributed by atoms with Crippen molar-refractivity contribution in [3.05, 3.63) is 36.1 Å². The Kier molecular flexibility index (Phi) is 7.94. The molecule has 6 nitrogen and oxygen atoms in total. The minimum Gasteiger partial charge on any atom is -0.493 e. The largest absolute Gasteiger partial charge is 0.493 e. The summed E-state index contributed by atoms with van der Waals surface area (Å²) in [5.41, 5.74) is 5.31. The first-order valence-electron chi connectivity index (χ1n) is 9.07. The number of rotatable bonds is 5. The summed E-state index contributed by atoms with van der Waals surface area (Å²) in [5, 5.41) is 0. The van der Waals surface area contributed by atoms with E-state index in [0.29, 0.717) is 19.0 Å². The average Bonchev–Trinajstić information content (AvgIpc) is 3.03. The second kappa shape index (κ2) is 10.2. The lowest BCUT2D eigenvalue weighted by atomic mass is 9.89. The molecule has 1 aliphatic carbocycles. The SMILES string of the molecule is CN1CCC2CCC(OC(=O)CCN)=CC21.COc1ccccc1OC. The van der Waals surface area contributed by atoms with E-state index in [0.717, 1.165) is 42.6 Å². The van der Waals surface area contributed by atoms with Crippen LogP contribution in [0.15, 0.2) is 36.1 Å². The third kappa shape index (κ3) is 5.47. The molecule has 3 rings (SSSR count). The standard InChI is InChI=1S/C12H20N2O2.C8H10O2/c1-14-7-5-9-2-3-10(8-11(9)14)16-12(15)4-6-13;1-9-7-5-3-4-6-8(7)10-2/h8-9,11H,2-7,13H2,1H3;3-6H,1-2H3. The Morgan fingerprint density at radius 1 is 1.19 bits per heavy atom. The van der Waals surface area contributed by atoms with Crippen LogP contribution in [0.3, 0.4) is 0 Å². The maximum Gasteiger partial charge on any atom is 0.312 e. The van der Waals surface area contributed by atoms with Crippen molar-refractivity contribution in [2.24, 2.45) is 11.7 Å². The second-order valence-corrected chi connectivity index (χ2v) is 6.56. The summed E-state index contributed by atoms with van der Waals surface area (Å²) in [6.07, 6.45) is 5.72. The van der Waals surface area contributed by atoms with Crippen LogP contribution in [-0.4, -0.2) is 51.3 Å². The number of allylic oxidation sites excluding steroid dienone is 1. The number of likely N-dealkylation sites (tertiary alicyclic amines) is 1. The fraction of sp³-hybridized carbons (Fsp3) is 0.550. The highest BCUT2D eigenvalue weighted by Gasteiger charge is 2.33. The molecule has 1 saturated heterocycles. The normalized spacial score (nSPS) is 21.8. The van der Waals surface area contributed by atoms with Gasteiger partial charge in [0.15, 0.2) is 11.5 Å². The van der Waals surface area contributed by atoms with Gasteiger partial charge in [-0.1, -0.05) is 12.1 Å². The molecule has 0 radical (unpaired) electrons. The van der Waals surface area contributed by atoms with E-state index in [2.05, 4.69) is 18.0 Å². The van der Waals surface area contributed by atoms with Crippen LogP contribution in [0, 0.1) is 5.92 Å². The first kappa shape index (κ1) is 20.3. The molecule has 0 saturated carbocycles. The summed E-state index contributed by atoms with van der Waals surface area (Å²) >= 11 is 0. The Morgan fingerprint density at radius 3 is 2.42 bits per heavy atom. The number of hydrogen-bond donors (Lipinski definition) is 1. The van der Waals surface area contributed by atoms with Crippen molar-refractivity contribution < 1.29 is 19.0 Å². The fourth-order valence-corrected chi connectivity index (χ4v) is 3.42. The van der Waals surface area contributed by atoms with Crippen molar-refractivity contribution in [1.29, 1.82) is 0 Å². The summed E-state index contributed by atoms with van der Waals surface area (Å²) in [6.45, 7) is 1.51. The summed E-state index contributed by atoms with van der Waals surface area (Å²) < 4.78 is 15.3. The number of fused-ring (bicyclic) bond motifs is 1. The van der Waals surface area contributed by atoms with Gasteiger partial charge in [-0.2, -0.15) is 0 Å². The Morgan fingerprint density at radius 2 is 1.85 bits per heavy atom. The topological polar surface area (TPSA) is 74.0 Å². The predicted octanol–water partition coefficient (Wildman–Crippen LogP) is 2.58. The molecule has 1 aromatic carbocycles. The van der Waals surface area contributed by atoms with Crippen LogP contribution < -0.4 is 15.2 Å². The zero-order valence-corrected chi connectivity index (χ0v) is 15.9. The lowest BCUT2D eigenvalue weighted by Crippen LogP contribution is -2.30. The van der Waals surface area contributed by atoms with E-state index in [-0.39, 0.29) is 5.97 Å². The molecule has 1 fully saturated rings. The summed E-state index contributed by atoms with van der Waals surface area (Å²) in [7, 11) is 5.38. The number of para-hydroxylation sites is 2. The number of hydrogen-bond acceptors (Lipinski definition) is 6. The van der Waals surface area contributed by atoms with E-state index in [1.807, 2.05) is 24.3 Å². The van der Waals surface area contributed by atoms with Gasteiger partial charge in [-0.3, -0.25) is 9.69 Å². The summed E-state index contributed by atoms with van der Waals surface area (Å²) in [6, 6.07) is 8.00. The molecule has 0 amide bonds. The average molecular weight is 362 g/mol. The van der Waals surface area contributed by atoms with Crippen molar-refractivity contribution in [2.45, 2.75) is 31.7 Å². The minimum atomic E-state index is -0.201. The van der Waals surface area contributed by atoms with Crippen LogP contribution in [0.5, 0.6) is 11.5 Å². The monoisotopic (exact) mass is 362 g/mol. The zero-order chi connectivity index (χ0) is 18.9. The quantitative estimate of drug-likeness (QED) is 0.812. The van der Waals surface area contributed by atoms with Crippen LogP contribution in [0.1, 0.15) is 25.7 Å². The Labute approximate surface area is 155 Å². The molecule has 26 heavy (non-hydrogen) atoms. The Hall–Kier alpha value is -2.05. The number of nitrogens with zero attached hydrogens (tertiary/aromatic N) is 1. The van der Waals surface area contributed by atoms with E-state index < -0.39 is 0 Å². The molecule has 1 aliphatic heterocycles. The van der Waals surface area contributed by atoms with Crippen molar-refractivity contribution in [1.82, 2.24) is 4.90 Å². The first-order chi connectivity index (χ1) is 12.6. The molecule has 2 unspecified atom stereocenters. The molecule has 0 aromatic heterocycles. The van der Waals surface area contributed by atoms with Gasteiger partial charge in [0.25, 0.3) is 0 Å². The van der Waals surface area contributed by atoms with E-state index in [1.165, 1.54) is 6.42 Å². The number of benzene rings is 1. The first-order valence-corrected chi connectivity index (χ1v) is 9.07. The molecule has 2 atom stereocenters. The number of methoxy groups -OCH3 is 2. The molecule has 2 N–H and O–H groups in total. The van der Waals surface area contributed by atoms with Crippen molar-refractivity contribution in [3.8, 4) is 11.5 Å². The van der Waals surface area contributed by atoms with Crippen LogP contribution in [-0.2, 0) is 9.53 Å². The molecule has 1 aromatic rings. The number of nitrogens with two attached hydrogens (primary N) is 1. The van der Waals surface area contributed by atoms with Gasteiger partial charge in [0.1, 0.15) is 5.76 Å². The Balaban J connectivity index is 0.000000209. The van der Waals surface area contributed by atoms with Gasteiger partial charge in [0, 0.05) is 19.0 Å². The van der Waals surface area contributed by atoms with E-state index in [4.69, 9.17) is 19.9 Å². The number of esters is 1. The van der Waals surface area contributed by atoms with Crippen molar-refractivity contribution >= 4 is 5.97 Å². The highest BCUT2D eigenvalue weighted by atomic mass is 16.5.